The summed E-state index contributed by atoms with van der Waals surface area (Å²) in [5.74, 6) is -0.384. The van der Waals surface area contributed by atoms with Crippen molar-refractivity contribution in [3.05, 3.63) is 76.4 Å². The van der Waals surface area contributed by atoms with Crippen LogP contribution in [0.25, 0.3) is 11.3 Å². The predicted octanol–water partition coefficient (Wildman–Crippen LogP) is 3.36. The monoisotopic (exact) mass is 322 g/mol. The van der Waals surface area contributed by atoms with E-state index in [-0.39, 0.29) is 12.5 Å². The second-order valence-electron chi connectivity index (χ2n) is 5.77. The van der Waals surface area contributed by atoms with Gasteiger partial charge in [-0.25, -0.2) is 4.79 Å². The third-order valence-electron chi connectivity index (χ3n) is 3.69. The van der Waals surface area contributed by atoms with Gasteiger partial charge in [0.15, 0.2) is 5.76 Å². The molecule has 0 atom stereocenters. The molecule has 1 heterocycles. The number of hydrogen-bond donors (Lipinski definition) is 1. The summed E-state index contributed by atoms with van der Waals surface area (Å²) in [5, 5.41) is 2.76. The van der Waals surface area contributed by atoms with Crippen molar-refractivity contribution in [3.63, 3.8) is 0 Å². The zero-order valence-electron chi connectivity index (χ0n) is 13.6. The van der Waals surface area contributed by atoms with Crippen molar-refractivity contribution in [2.24, 2.45) is 0 Å². The minimum Gasteiger partial charge on any atom is -0.408 e. The molecule has 0 saturated heterocycles. The summed E-state index contributed by atoms with van der Waals surface area (Å²) in [7, 11) is 0. The molecular weight excluding hydrogens is 304 g/mol. The number of nitrogens with one attached hydrogen (secondary N) is 1. The molecule has 0 fully saturated rings. The normalized spacial score (nSPS) is 10.6. The van der Waals surface area contributed by atoms with Gasteiger partial charge in [0.1, 0.15) is 6.54 Å². The van der Waals surface area contributed by atoms with Gasteiger partial charge in [-0.2, -0.15) is 0 Å². The molecule has 0 saturated carbocycles. The van der Waals surface area contributed by atoms with Gasteiger partial charge in [0, 0.05) is 11.3 Å². The Morgan fingerprint density at radius 3 is 2.21 bits per heavy atom. The summed E-state index contributed by atoms with van der Waals surface area (Å²) in [6.07, 6.45) is 1.56. The van der Waals surface area contributed by atoms with Crippen LogP contribution in [0, 0.1) is 13.8 Å². The van der Waals surface area contributed by atoms with E-state index >= 15 is 0 Å². The summed E-state index contributed by atoms with van der Waals surface area (Å²) in [5.41, 5.74) is 3.73. The molecule has 1 aromatic heterocycles. The highest BCUT2D eigenvalue weighted by Crippen LogP contribution is 2.18. The molecule has 5 heteroatoms. The van der Waals surface area contributed by atoms with E-state index < -0.39 is 5.76 Å². The first-order chi connectivity index (χ1) is 11.5. The maximum atomic E-state index is 12.1. The number of carbonyl (C=O) groups excluding carboxylic acids is 1. The summed E-state index contributed by atoms with van der Waals surface area (Å²) < 4.78 is 6.50. The van der Waals surface area contributed by atoms with Gasteiger partial charge in [-0.05, 0) is 26.0 Å². The molecule has 3 rings (SSSR count). The highest BCUT2D eigenvalue weighted by molar-refractivity contribution is 5.90. The Hall–Kier alpha value is -3.08. The van der Waals surface area contributed by atoms with Crippen LogP contribution in [0.2, 0.25) is 0 Å². The van der Waals surface area contributed by atoms with Crippen LogP contribution in [0.3, 0.4) is 0 Å². The molecule has 3 aromatic rings. The van der Waals surface area contributed by atoms with Gasteiger partial charge in [0.25, 0.3) is 0 Å². The van der Waals surface area contributed by atoms with E-state index in [1.807, 2.05) is 62.4 Å². The van der Waals surface area contributed by atoms with Gasteiger partial charge < -0.3 is 9.73 Å². The quantitative estimate of drug-likeness (QED) is 0.801. The van der Waals surface area contributed by atoms with Crippen LogP contribution in [0.5, 0.6) is 0 Å². The molecule has 2 aromatic carbocycles. The van der Waals surface area contributed by atoms with E-state index in [1.165, 1.54) is 4.57 Å². The molecule has 0 aliphatic rings. The van der Waals surface area contributed by atoms with Crippen molar-refractivity contribution in [1.29, 1.82) is 0 Å². The van der Waals surface area contributed by atoms with Crippen molar-refractivity contribution in [2.75, 3.05) is 5.32 Å². The minimum absolute atomic E-state index is 0.0952. The SMILES string of the molecule is Cc1ccc(NC(=O)Cn2cc(-c3ccc(C)cc3)oc2=O)cc1. The van der Waals surface area contributed by atoms with E-state index in [4.69, 9.17) is 4.42 Å². The topological polar surface area (TPSA) is 64.2 Å². The molecule has 0 aliphatic carbocycles. The number of nitrogens with zero attached hydrogens (tertiary/aromatic N) is 1. The molecule has 0 aliphatic heterocycles. The number of aromatic nitrogens is 1. The Morgan fingerprint density at radius 2 is 1.58 bits per heavy atom. The summed E-state index contributed by atoms with van der Waals surface area (Å²) >= 11 is 0. The second-order valence-corrected chi connectivity index (χ2v) is 5.77. The van der Waals surface area contributed by atoms with Crippen molar-refractivity contribution < 1.29 is 9.21 Å². The number of hydrogen-bond acceptors (Lipinski definition) is 3. The largest absolute Gasteiger partial charge is 0.419 e. The lowest BCUT2D eigenvalue weighted by molar-refractivity contribution is -0.116. The van der Waals surface area contributed by atoms with Gasteiger partial charge in [-0.1, -0.05) is 47.5 Å². The molecule has 0 spiro atoms. The number of anilines is 1. The molecule has 0 radical (unpaired) electrons. The maximum absolute atomic E-state index is 12.1. The first-order valence-corrected chi connectivity index (χ1v) is 7.65. The third kappa shape index (κ3) is 3.63. The van der Waals surface area contributed by atoms with Crippen molar-refractivity contribution in [3.8, 4) is 11.3 Å². The summed E-state index contributed by atoms with van der Waals surface area (Å²) in [4.78, 5) is 24.0. The third-order valence-corrected chi connectivity index (χ3v) is 3.69. The van der Waals surface area contributed by atoms with Crippen LogP contribution >= 0.6 is 0 Å². The molecule has 0 bridgehead atoms. The fourth-order valence-electron chi connectivity index (χ4n) is 2.33. The zero-order chi connectivity index (χ0) is 17.1. The first kappa shape index (κ1) is 15.8. The van der Waals surface area contributed by atoms with Crippen LogP contribution < -0.4 is 11.1 Å². The lowest BCUT2D eigenvalue weighted by Gasteiger charge is -2.05. The molecule has 1 N–H and O–H groups in total. The number of aryl methyl sites for hydroxylation is 2. The van der Waals surface area contributed by atoms with E-state index in [1.54, 1.807) is 6.20 Å². The van der Waals surface area contributed by atoms with Gasteiger partial charge in [-0.3, -0.25) is 9.36 Å². The Bertz CT molecular complexity index is 903. The Morgan fingerprint density at radius 1 is 1.00 bits per heavy atom. The average molecular weight is 322 g/mol. The maximum Gasteiger partial charge on any atom is 0.419 e. The van der Waals surface area contributed by atoms with E-state index in [2.05, 4.69) is 5.32 Å². The average Bonchev–Trinajstić information content (AvgIpc) is 2.91. The highest BCUT2D eigenvalue weighted by atomic mass is 16.4. The number of benzene rings is 2. The second kappa shape index (κ2) is 6.58. The minimum atomic E-state index is -0.551. The Balaban J connectivity index is 1.73. The van der Waals surface area contributed by atoms with Crippen molar-refractivity contribution in [1.82, 2.24) is 4.57 Å². The van der Waals surface area contributed by atoms with Crippen LogP contribution in [0.4, 0.5) is 5.69 Å². The van der Waals surface area contributed by atoms with Gasteiger partial charge in [0.2, 0.25) is 5.91 Å². The number of amides is 1. The molecule has 122 valence electrons. The number of carbonyl (C=O) groups is 1. The van der Waals surface area contributed by atoms with Crippen molar-refractivity contribution in [2.45, 2.75) is 20.4 Å². The summed E-state index contributed by atoms with van der Waals surface area (Å²) in [6, 6.07) is 15.1. The highest BCUT2D eigenvalue weighted by Gasteiger charge is 2.11. The zero-order valence-corrected chi connectivity index (χ0v) is 13.6. The Kier molecular flexibility index (Phi) is 4.33. The van der Waals surface area contributed by atoms with Crippen molar-refractivity contribution >= 4 is 11.6 Å². The number of oxazole rings is 1. The fourth-order valence-corrected chi connectivity index (χ4v) is 2.33. The molecule has 0 unspecified atom stereocenters. The van der Waals surface area contributed by atoms with Crippen LogP contribution in [-0.2, 0) is 11.3 Å². The predicted molar refractivity (Wildman–Crippen MR) is 92.9 cm³/mol. The lowest BCUT2D eigenvalue weighted by atomic mass is 10.1. The van der Waals surface area contributed by atoms with Crippen LogP contribution in [0.15, 0.2) is 63.9 Å². The molecule has 5 nitrogen and oxygen atoms in total. The first-order valence-electron chi connectivity index (χ1n) is 7.65. The van der Waals surface area contributed by atoms with E-state index in [0.717, 1.165) is 16.7 Å². The number of rotatable bonds is 4. The lowest BCUT2D eigenvalue weighted by Crippen LogP contribution is -2.24. The van der Waals surface area contributed by atoms with Gasteiger partial charge >= 0.3 is 5.76 Å². The smallest absolute Gasteiger partial charge is 0.408 e. The van der Waals surface area contributed by atoms with Crippen LogP contribution in [-0.4, -0.2) is 10.5 Å². The summed E-state index contributed by atoms with van der Waals surface area (Å²) in [6.45, 7) is 3.87. The molecule has 24 heavy (non-hydrogen) atoms. The van der Waals surface area contributed by atoms with E-state index in [9.17, 15) is 9.59 Å². The molecular formula is C19H18N2O3. The molecule has 1 amide bonds. The fraction of sp³-hybridized carbons (Fsp3) is 0.158. The van der Waals surface area contributed by atoms with Crippen LogP contribution in [0.1, 0.15) is 11.1 Å². The Labute approximate surface area is 139 Å². The standard InChI is InChI=1S/C19H18N2O3/c1-13-3-7-15(8-4-13)17-11-21(19(23)24-17)12-18(22)20-16-9-5-14(2)6-10-16/h3-11H,12H2,1-2H3,(H,20,22). The van der Waals surface area contributed by atoms with Gasteiger partial charge in [-0.15, -0.1) is 0 Å². The van der Waals surface area contributed by atoms with Gasteiger partial charge in [0.05, 0.1) is 6.20 Å². The van der Waals surface area contributed by atoms with E-state index in [0.29, 0.717) is 11.4 Å².